The second-order valence-electron chi connectivity index (χ2n) is 3.97. The van der Waals surface area contributed by atoms with Crippen LogP contribution in [0.2, 0.25) is 0 Å². The number of nitrogens with one attached hydrogen (secondary N) is 1. The fourth-order valence-electron chi connectivity index (χ4n) is 1.66. The summed E-state index contributed by atoms with van der Waals surface area (Å²) in [5, 5.41) is 4.99. The molecule has 0 unspecified atom stereocenters. The maximum absolute atomic E-state index is 11.9. The molecule has 7 heteroatoms. The highest BCUT2D eigenvalue weighted by Gasteiger charge is 2.11. The molecule has 3 N–H and O–H groups in total. The Labute approximate surface area is 120 Å². The summed E-state index contributed by atoms with van der Waals surface area (Å²) in [5.74, 6) is 1.02. The molecule has 2 rings (SSSR count). The first kappa shape index (κ1) is 14.1. The molecule has 1 heterocycles. The SMILES string of the molecule is COc1ccc(NC(=O)Cc2csc(N)n2)c(OC)c1. The van der Waals surface area contributed by atoms with Gasteiger partial charge in [0.05, 0.1) is 32.0 Å². The monoisotopic (exact) mass is 293 g/mol. The molecular formula is C13H15N3O3S. The molecule has 0 saturated heterocycles. The standard InChI is InChI=1S/C13H15N3O3S/c1-18-9-3-4-10(11(6-9)19-2)16-12(17)5-8-7-20-13(14)15-8/h3-4,6-7H,5H2,1-2H3,(H2,14,15)(H,16,17). The van der Waals surface area contributed by atoms with E-state index in [4.69, 9.17) is 15.2 Å². The maximum Gasteiger partial charge on any atom is 0.230 e. The van der Waals surface area contributed by atoms with Gasteiger partial charge < -0.3 is 20.5 Å². The van der Waals surface area contributed by atoms with Crippen molar-refractivity contribution < 1.29 is 14.3 Å². The minimum atomic E-state index is -0.182. The van der Waals surface area contributed by atoms with E-state index in [2.05, 4.69) is 10.3 Å². The van der Waals surface area contributed by atoms with E-state index in [1.807, 2.05) is 0 Å². The number of carbonyl (C=O) groups is 1. The van der Waals surface area contributed by atoms with Gasteiger partial charge in [0.25, 0.3) is 0 Å². The number of ether oxygens (including phenoxy) is 2. The van der Waals surface area contributed by atoms with Crippen LogP contribution in [0.3, 0.4) is 0 Å². The van der Waals surface area contributed by atoms with Crippen molar-refractivity contribution in [1.29, 1.82) is 0 Å². The third kappa shape index (κ3) is 3.39. The van der Waals surface area contributed by atoms with Crippen LogP contribution in [0.5, 0.6) is 11.5 Å². The third-order valence-corrected chi connectivity index (χ3v) is 3.32. The summed E-state index contributed by atoms with van der Waals surface area (Å²) < 4.78 is 10.3. The molecule has 106 valence electrons. The van der Waals surface area contributed by atoms with E-state index in [0.29, 0.717) is 28.0 Å². The first-order valence-corrected chi connectivity index (χ1v) is 6.72. The predicted octanol–water partition coefficient (Wildman–Crippen LogP) is 1.92. The highest BCUT2D eigenvalue weighted by atomic mass is 32.1. The smallest absolute Gasteiger partial charge is 0.230 e. The lowest BCUT2D eigenvalue weighted by atomic mass is 10.2. The number of carbonyl (C=O) groups excluding carboxylic acids is 1. The predicted molar refractivity (Wildman–Crippen MR) is 78.4 cm³/mol. The summed E-state index contributed by atoms with van der Waals surface area (Å²) >= 11 is 1.31. The molecule has 0 aliphatic carbocycles. The molecule has 0 bridgehead atoms. The Hall–Kier alpha value is -2.28. The number of nitrogens with two attached hydrogens (primary N) is 1. The summed E-state index contributed by atoms with van der Waals surface area (Å²) in [6, 6.07) is 5.18. The first-order valence-electron chi connectivity index (χ1n) is 5.84. The topological polar surface area (TPSA) is 86.5 Å². The molecule has 2 aromatic rings. The first-order chi connectivity index (χ1) is 9.62. The van der Waals surface area contributed by atoms with Crippen molar-refractivity contribution in [3.63, 3.8) is 0 Å². The van der Waals surface area contributed by atoms with Crippen molar-refractivity contribution >= 4 is 28.1 Å². The van der Waals surface area contributed by atoms with Gasteiger partial charge in [-0.05, 0) is 12.1 Å². The number of amides is 1. The zero-order valence-corrected chi connectivity index (χ0v) is 12.0. The van der Waals surface area contributed by atoms with Gasteiger partial charge in [-0.3, -0.25) is 4.79 Å². The molecule has 0 fully saturated rings. The molecule has 0 radical (unpaired) electrons. The van der Waals surface area contributed by atoms with E-state index < -0.39 is 0 Å². The summed E-state index contributed by atoms with van der Waals surface area (Å²) in [7, 11) is 3.10. The number of hydrogen-bond acceptors (Lipinski definition) is 6. The van der Waals surface area contributed by atoms with Gasteiger partial charge >= 0.3 is 0 Å². The summed E-state index contributed by atoms with van der Waals surface area (Å²) in [5.41, 5.74) is 6.76. The lowest BCUT2D eigenvalue weighted by Gasteiger charge is -2.11. The van der Waals surface area contributed by atoms with E-state index in [9.17, 15) is 4.79 Å². The van der Waals surface area contributed by atoms with Crippen LogP contribution in [0.15, 0.2) is 23.6 Å². The highest BCUT2D eigenvalue weighted by molar-refractivity contribution is 7.13. The molecule has 0 atom stereocenters. The quantitative estimate of drug-likeness (QED) is 0.879. The average Bonchev–Trinajstić information content (AvgIpc) is 2.84. The molecule has 1 amide bonds. The van der Waals surface area contributed by atoms with Crippen LogP contribution in [0, 0.1) is 0 Å². The van der Waals surface area contributed by atoms with Gasteiger partial charge in [-0.1, -0.05) is 0 Å². The molecule has 1 aromatic carbocycles. The fraction of sp³-hybridized carbons (Fsp3) is 0.231. The van der Waals surface area contributed by atoms with Gasteiger partial charge in [0.15, 0.2) is 5.13 Å². The molecule has 0 spiro atoms. The Kier molecular flexibility index (Phi) is 4.41. The Morgan fingerprint density at radius 1 is 1.40 bits per heavy atom. The number of thiazole rings is 1. The van der Waals surface area contributed by atoms with E-state index in [1.54, 1.807) is 30.7 Å². The van der Waals surface area contributed by atoms with Crippen LogP contribution >= 0.6 is 11.3 Å². The van der Waals surface area contributed by atoms with Gasteiger partial charge in [0, 0.05) is 11.4 Å². The number of hydrogen-bond donors (Lipinski definition) is 2. The van der Waals surface area contributed by atoms with Crippen LogP contribution in [0.4, 0.5) is 10.8 Å². The van der Waals surface area contributed by atoms with E-state index in [-0.39, 0.29) is 12.3 Å². The van der Waals surface area contributed by atoms with Crippen molar-refractivity contribution in [2.24, 2.45) is 0 Å². The Morgan fingerprint density at radius 3 is 2.80 bits per heavy atom. The van der Waals surface area contributed by atoms with E-state index >= 15 is 0 Å². The van der Waals surface area contributed by atoms with Crippen molar-refractivity contribution in [1.82, 2.24) is 4.98 Å². The zero-order chi connectivity index (χ0) is 14.5. The number of nitrogen functional groups attached to an aromatic ring is 1. The van der Waals surface area contributed by atoms with E-state index in [0.717, 1.165) is 0 Å². The number of methoxy groups -OCH3 is 2. The lowest BCUT2D eigenvalue weighted by Crippen LogP contribution is -2.15. The van der Waals surface area contributed by atoms with Crippen LogP contribution in [0.25, 0.3) is 0 Å². The van der Waals surface area contributed by atoms with Crippen molar-refractivity contribution in [3.8, 4) is 11.5 Å². The average molecular weight is 293 g/mol. The number of aromatic nitrogens is 1. The molecule has 0 saturated carbocycles. The Bertz CT molecular complexity index is 613. The summed E-state index contributed by atoms with van der Waals surface area (Å²) in [6.07, 6.45) is 0.170. The second kappa shape index (κ2) is 6.25. The van der Waals surface area contributed by atoms with Gasteiger partial charge in [-0.2, -0.15) is 0 Å². The Morgan fingerprint density at radius 2 is 2.20 bits per heavy atom. The minimum absolute atomic E-state index is 0.170. The van der Waals surface area contributed by atoms with Gasteiger partial charge in [0.2, 0.25) is 5.91 Å². The van der Waals surface area contributed by atoms with Crippen LogP contribution in [-0.2, 0) is 11.2 Å². The normalized spacial score (nSPS) is 10.1. The summed E-state index contributed by atoms with van der Waals surface area (Å²) in [6.45, 7) is 0. The molecule has 0 aliphatic rings. The van der Waals surface area contributed by atoms with Crippen LogP contribution in [0.1, 0.15) is 5.69 Å². The van der Waals surface area contributed by atoms with Gasteiger partial charge in [-0.25, -0.2) is 4.98 Å². The van der Waals surface area contributed by atoms with Crippen LogP contribution < -0.4 is 20.5 Å². The molecule has 6 nitrogen and oxygen atoms in total. The van der Waals surface area contributed by atoms with Crippen molar-refractivity contribution in [2.45, 2.75) is 6.42 Å². The maximum atomic E-state index is 11.9. The zero-order valence-electron chi connectivity index (χ0n) is 11.2. The van der Waals surface area contributed by atoms with E-state index in [1.165, 1.54) is 18.4 Å². The molecular weight excluding hydrogens is 278 g/mol. The molecule has 0 aliphatic heterocycles. The number of anilines is 2. The van der Waals surface area contributed by atoms with Gasteiger partial charge in [-0.15, -0.1) is 11.3 Å². The third-order valence-electron chi connectivity index (χ3n) is 2.59. The fourth-order valence-corrected chi connectivity index (χ4v) is 2.23. The van der Waals surface area contributed by atoms with Crippen molar-refractivity contribution in [2.75, 3.05) is 25.3 Å². The summed E-state index contributed by atoms with van der Waals surface area (Å²) in [4.78, 5) is 16.0. The second-order valence-corrected chi connectivity index (χ2v) is 4.86. The minimum Gasteiger partial charge on any atom is -0.497 e. The Balaban J connectivity index is 2.07. The number of benzene rings is 1. The van der Waals surface area contributed by atoms with Crippen molar-refractivity contribution in [3.05, 3.63) is 29.3 Å². The molecule has 1 aromatic heterocycles. The number of rotatable bonds is 5. The largest absolute Gasteiger partial charge is 0.497 e. The lowest BCUT2D eigenvalue weighted by molar-refractivity contribution is -0.115. The van der Waals surface area contributed by atoms with Crippen LogP contribution in [-0.4, -0.2) is 25.1 Å². The highest BCUT2D eigenvalue weighted by Crippen LogP contribution is 2.29. The number of nitrogens with zero attached hydrogens (tertiary/aromatic N) is 1. The van der Waals surface area contributed by atoms with Gasteiger partial charge in [0.1, 0.15) is 11.5 Å². The molecule has 20 heavy (non-hydrogen) atoms.